The predicted molar refractivity (Wildman–Crippen MR) is 112 cm³/mol. The molecule has 1 amide bonds. The number of alkyl halides is 2. The Morgan fingerprint density at radius 2 is 1.86 bits per heavy atom. The summed E-state index contributed by atoms with van der Waals surface area (Å²) in [6, 6.07) is 15.5. The van der Waals surface area contributed by atoms with Crippen LogP contribution in [0.15, 0.2) is 70.6 Å². The molecule has 1 N–H and O–H groups in total. The number of carbonyl (C=O) groups is 1. The average Bonchev–Trinajstić information content (AvgIpc) is 2.68. The first-order valence-electron chi connectivity index (χ1n) is 8.88. The van der Waals surface area contributed by atoms with Crippen molar-refractivity contribution in [3.05, 3.63) is 88.2 Å². The van der Waals surface area contributed by atoms with Crippen molar-refractivity contribution in [1.82, 2.24) is 10.3 Å². The molecule has 3 rings (SSSR count). The van der Waals surface area contributed by atoms with Crippen LogP contribution in [0.4, 0.5) is 8.78 Å². The molecular formula is C22H19ClF2N2OS. The van der Waals surface area contributed by atoms with E-state index in [0.29, 0.717) is 10.5 Å². The zero-order chi connectivity index (χ0) is 21.0. The van der Waals surface area contributed by atoms with Gasteiger partial charge in [0.05, 0.1) is 12.1 Å². The van der Waals surface area contributed by atoms with Gasteiger partial charge in [0.2, 0.25) is 0 Å². The van der Waals surface area contributed by atoms with E-state index in [1.54, 1.807) is 19.1 Å². The van der Waals surface area contributed by atoms with Gasteiger partial charge in [-0.15, -0.1) is 0 Å². The van der Waals surface area contributed by atoms with Crippen LogP contribution >= 0.6 is 23.4 Å². The number of rotatable bonds is 6. The maximum atomic E-state index is 14.7. The van der Waals surface area contributed by atoms with E-state index in [1.165, 1.54) is 30.1 Å². The predicted octanol–water partition coefficient (Wildman–Crippen LogP) is 6.02. The average molecular weight is 433 g/mol. The summed E-state index contributed by atoms with van der Waals surface area (Å²) in [6.07, 6.45) is 1.47. The first-order chi connectivity index (χ1) is 13.8. The molecule has 1 heterocycles. The fraction of sp³-hybridized carbons (Fsp3) is 0.182. The van der Waals surface area contributed by atoms with Gasteiger partial charge in [-0.25, -0.2) is 4.98 Å². The van der Waals surface area contributed by atoms with Crippen molar-refractivity contribution in [2.24, 2.45) is 0 Å². The summed E-state index contributed by atoms with van der Waals surface area (Å²) in [6.45, 7) is 2.66. The van der Waals surface area contributed by atoms with E-state index in [0.717, 1.165) is 10.5 Å². The van der Waals surface area contributed by atoms with E-state index < -0.39 is 18.4 Å². The Morgan fingerprint density at radius 1 is 1.14 bits per heavy atom. The van der Waals surface area contributed by atoms with Crippen LogP contribution in [-0.4, -0.2) is 17.4 Å². The molecule has 0 spiro atoms. The minimum Gasteiger partial charge on any atom is -0.346 e. The molecule has 0 fully saturated rings. The zero-order valence-corrected chi connectivity index (χ0v) is 17.5. The van der Waals surface area contributed by atoms with Crippen molar-refractivity contribution in [3.8, 4) is 0 Å². The van der Waals surface area contributed by atoms with E-state index in [-0.39, 0.29) is 16.3 Å². The number of aryl methyl sites for hydroxylation is 2. The maximum Gasteiger partial charge on any atom is 0.290 e. The number of aromatic nitrogens is 1. The summed E-state index contributed by atoms with van der Waals surface area (Å²) in [5.74, 6) is -3.83. The lowest BCUT2D eigenvalue weighted by Crippen LogP contribution is -2.35. The van der Waals surface area contributed by atoms with E-state index >= 15 is 0 Å². The number of benzene rings is 2. The Kier molecular flexibility index (Phi) is 6.55. The number of hydrogen-bond donors (Lipinski definition) is 1. The molecule has 0 unspecified atom stereocenters. The lowest BCUT2D eigenvalue weighted by atomic mass is 10.00. The van der Waals surface area contributed by atoms with Gasteiger partial charge in [-0.1, -0.05) is 65.3 Å². The van der Waals surface area contributed by atoms with Crippen molar-refractivity contribution < 1.29 is 13.6 Å². The Labute approximate surface area is 177 Å². The minimum absolute atomic E-state index is 0.102. The van der Waals surface area contributed by atoms with Gasteiger partial charge in [0.15, 0.2) is 0 Å². The van der Waals surface area contributed by atoms with E-state index in [1.807, 2.05) is 37.3 Å². The first-order valence-corrected chi connectivity index (χ1v) is 10.1. The van der Waals surface area contributed by atoms with Crippen LogP contribution in [0.3, 0.4) is 0 Å². The third-order valence-corrected chi connectivity index (χ3v) is 5.56. The quantitative estimate of drug-likeness (QED) is 0.484. The molecule has 3 aromatic rings. The number of nitrogens with zero attached hydrogens (tertiary/aromatic N) is 1. The SMILES string of the molecule is Cc1ccc(C(F)(F)CNC(=O)c2cc(Cl)ncc2Sc2ccccc2)c(C)c1. The zero-order valence-electron chi connectivity index (χ0n) is 15.9. The van der Waals surface area contributed by atoms with Crippen LogP contribution in [0.2, 0.25) is 5.15 Å². The monoisotopic (exact) mass is 432 g/mol. The van der Waals surface area contributed by atoms with Gasteiger partial charge in [-0.3, -0.25) is 4.79 Å². The molecule has 0 saturated heterocycles. The molecule has 0 aliphatic heterocycles. The van der Waals surface area contributed by atoms with Crippen molar-refractivity contribution in [3.63, 3.8) is 0 Å². The fourth-order valence-electron chi connectivity index (χ4n) is 2.90. The normalized spacial score (nSPS) is 11.3. The van der Waals surface area contributed by atoms with Crippen LogP contribution in [0.1, 0.15) is 27.0 Å². The summed E-state index contributed by atoms with van der Waals surface area (Å²) in [4.78, 5) is 18.1. The molecule has 3 nitrogen and oxygen atoms in total. The van der Waals surface area contributed by atoms with Gasteiger partial charge in [-0.05, 0) is 37.6 Å². The van der Waals surface area contributed by atoms with Crippen LogP contribution in [0.5, 0.6) is 0 Å². The molecular weight excluding hydrogens is 414 g/mol. The molecule has 0 saturated carbocycles. The second kappa shape index (κ2) is 8.93. The number of hydrogen-bond acceptors (Lipinski definition) is 3. The number of amides is 1. The highest BCUT2D eigenvalue weighted by molar-refractivity contribution is 7.99. The Hall–Kier alpha value is -2.44. The van der Waals surface area contributed by atoms with Crippen molar-refractivity contribution in [2.45, 2.75) is 29.6 Å². The van der Waals surface area contributed by atoms with E-state index in [4.69, 9.17) is 11.6 Å². The van der Waals surface area contributed by atoms with Gasteiger partial charge in [0.25, 0.3) is 11.8 Å². The van der Waals surface area contributed by atoms with Gasteiger partial charge in [-0.2, -0.15) is 8.78 Å². The highest BCUT2D eigenvalue weighted by Gasteiger charge is 2.33. The highest BCUT2D eigenvalue weighted by atomic mass is 35.5. The third kappa shape index (κ3) is 5.34. The van der Waals surface area contributed by atoms with E-state index in [9.17, 15) is 13.6 Å². The summed E-state index contributed by atoms with van der Waals surface area (Å²) < 4.78 is 29.4. The first kappa shape index (κ1) is 21.3. The molecule has 1 aromatic heterocycles. The van der Waals surface area contributed by atoms with E-state index in [2.05, 4.69) is 10.3 Å². The van der Waals surface area contributed by atoms with Gasteiger partial charge in [0.1, 0.15) is 5.15 Å². The molecule has 29 heavy (non-hydrogen) atoms. The molecule has 7 heteroatoms. The third-order valence-electron chi connectivity index (χ3n) is 4.30. The summed E-state index contributed by atoms with van der Waals surface area (Å²) in [5, 5.41) is 2.46. The summed E-state index contributed by atoms with van der Waals surface area (Å²) >= 11 is 7.25. The van der Waals surface area contributed by atoms with Crippen molar-refractivity contribution >= 4 is 29.3 Å². The molecule has 0 aliphatic carbocycles. The van der Waals surface area contributed by atoms with Gasteiger partial charge in [0, 0.05) is 21.6 Å². The second-order valence-corrected chi connectivity index (χ2v) is 8.13. The minimum atomic E-state index is -3.20. The Balaban J connectivity index is 1.79. The lowest BCUT2D eigenvalue weighted by molar-refractivity contribution is -0.00310. The Bertz CT molecular complexity index is 1030. The van der Waals surface area contributed by atoms with Crippen molar-refractivity contribution in [2.75, 3.05) is 6.54 Å². The topological polar surface area (TPSA) is 42.0 Å². The van der Waals surface area contributed by atoms with Crippen LogP contribution in [-0.2, 0) is 5.92 Å². The Morgan fingerprint density at radius 3 is 2.55 bits per heavy atom. The van der Waals surface area contributed by atoms with Crippen LogP contribution < -0.4 is 5.32 Å². The lowest BCUT2D eigenvalue weighted by Gasteiger charge is -2.20. The van der Waals surface area contributed by atoms with Gasteiger partial charge >= 0.3 is 0 Å². The molecule has 2 aromatic carbocycles. The summed E-state index contributed by atoms with van der Waals surface area (Å²) in [7, 11) is 0. The van der Waals surface area contributed by atoms with Crippen molar-refractivity contribution in [1.29, 1.82) is 0 Å². The van der Waals surface area contributed by atoms with Crippen LogP contribution in [0, 0.1) is 13.8 Å². The fourth-order valence-corrected chi connectivity index (χ4v) is 3.97. The smallest absolute Gasteiger partial charge is 0.290 e. The standard InChI is InChI=1S/C22H19ClF2N2OS/c1-14-8-9-18(15(2)10-14)22(24,25)13-27-21(28)17-11-20(23)26-12-19(17)29-16-6-4-3-5-7-16/h3-12H,13H2,1-2H3,(H,27,28). The second-order valence-electron chi connectivity index (χ2n) is 6.62. The molecule has 150 valence electrons. The molecule has 0 atom stereocenters. The number of carbonyl (C=O) groups excluding carboxylic acids is 1. The number of pyridine rings is 1. The molecule has 0 aliphatic rings. The van der Waals surface area contributed by atoms with Crippen LogP contribution in [0.25, 0.3) is 0 Å². The highest BCUT2D eigenvalue weighted by Crippen LogP contribution is 2.32. The number of halogens is 3. The number of nitrogens with one attached hydrogen (secondary N) is 1. The molecule has 0 radical (unpaired) electrons. The van der Waals surface area contributed by atoms with Gasteiger partial charge < -0.3 is 5.32 Å². The largest absolute Gasteiger partial charge is 0.346 e. The summed E-state index contributed by atoms with van der Waals surface area (Å²) in [5.41, 5.74) is 1.49. The maximum absolute atomic E-state index is 14.7. The molecule has 0 bridgehead atoms.